The van der Waals surface area contributed by atoms with Crippen LogP contribution in [-0.4, -0.2) is 48.7 Å². The van der Waals surface area contributed by atoms with Crippen molar-refractivity contribution in [2.45, 2.75) is 46.5 Å². The van der Waals surface area contributed by atoms with E-state index in [1.807, 2.05) is 0 Å². The summed E-state index contributed by atoms with van der Waals surface area (Å²) in [6.07, 6.45) is 4.39. The molecule has 28 heavy (non-hydrogen) atoms. The number of hydrogen-bond acceptors (Lipinski definition) is 6. The van der Waals surface area contributed by atoms with Gasteiger partial charge in [-0.15, -0.1) is 46.7 Å². The number of hydrogen-bond donors (Lipinski definition) is 2. The first-order valence-corrected chi connectivity index (χ1v) is 11.5. The van der Waals surface area contributed by atoms with Crippen molar-refractivity contribution in [2.75, 3.05) is 37.6 Å². The number of aliphatic imine (C=N–C) groups is 1. The Bertz CT molecular complexity index is 732. The summed E-state index contributed by atoms with van der Waals surface area (Å²) in [5.41, 5.74) is 2.31. The normalized spacial score (nSPS) is 14.2. The average Bonchev–Trinajstić information content (AvgIpc) is 3.37. The van der Waals surface area contributed by atoms with E-state index >= 15 is 0 Å². The van der Waals surface area contributed by atoms with Crippen LogP contribution in [0.5, 0.6) is 0 Å². The number of rotatable bonds is 8. The van der Waals surface area contributed by atoms with E-state index in [1.54, 1.807) is 22.7 Å². The Kier molecular flexibility index (Phi) is 9.93. The van der Waals surface area contributed by atoms with Crippen molar-refractivity contribution >= 4 is 57.7 Å². The van der Waals surface area contributed by atoms with Crippen LogP contribution in [0.25, 0.3) is 0 Å². The number of thiazole rings is 2. The van der Waals surface area contributed by atoms with E-state index in [4.69, 9.17) is 4.98 Å². The lowest BCUT2D eigenvalue weighted by atomic mass is 10.3. The molecule has 0 saturated carbocycles. The summed E-state index contributed by atoms with van der Waals surface area (Å²) in [6.45, 7) is 11.0. The van der Waals surface area contributed by atoms with Crippen molar-refractivity contribution < 1.29 is 0 Å². The second-order valence-corrected chi connectivity index (χ2v) is 8.88. The number of aromatic nitrogens is 2. The standard InChI is InChI=1S/C19H30N6S2.HI/c1-4-20-18(22-10-8-17-23-14(2)15(3)27-17)21-9-7-16-13-26-19(24-16)25-11-5-6-12-25;/h13H,4-12H2,1-3H3,(H2,20,21,22);1H. The van der Waals surface area contributed by atoms with E-state index in [-0.39, 0.29) is 24.0 Å². The fourth-order valence-corrected chi connectivity index (χ4v) is 4.86. The van der Waals surface area contributed by atoms with Gasteiger partial charge in [-0.05, 0) is 33.6 Å². The van der Waals surface area contributed by atoms with E-state index in [2.05, 4.69) is 51.7 Å². The SMILES string of the molecule is CCNC(=NCCc1nc(C)c(C)s1)NCCc1csc(N2CCCC2)n1.I. The summed E-state index contributed by atoms with van der Waals surface area (Å²) in [5.74, 6) is 0.873. The topological polar surface area (TPSA) is 65.4 Å². The summed E-state index contributed by atoms with van der Waals surface area (Å²) in [4.78, 5) is 17.8. The number of nitrogens with one attached hydrogen (secondary N) is 2. The molecule has 0 atom stereocenters. The zero-order valence-corrected chi connectivity index (χ0v) is 20.9. The smallest absolute Gasteiger partial charge is 0.191 e. The zero-order valence-electron chi connectivity index (χ0n) is 17.0. The molecule has 0 aliphatic carbocycles. The highest BCUT2D eigenvalue weighted by Gasteiger charge is 2.15. The Morgan fingerprint density at radius 3 is 2.64 bits per heavy atom. The number of guanidine groups is 1. The van der Waals surface area contributed by atoms with Gasteiger partial charge in [0, 0.05) is 55.8 Å². The molecule has 0 radical (unpaired) electrons. The first-order chi connectivity index (χ1) is 13.2. The van der Waals surface area contributed by atoms with Crippen LogP contribution in [0.4, 0.5) is 5.13 Å². The molecule has 0 amide bonds. The second-order valence-electron chi connectivity index (χ2n) is 6.75. The maximum absolute atomic E-state index is 4.78. The van der Waals surface area contributed by atoms with Crippen LogP contribution >= 0.6 is 46.7 Å². The molecular weight excluding hydrogens is 503 g/mol. The number of halogens is 1. The van der Waals surface area contributed by atoms with Crippen molar-refractivity contribution in [1.82, 2.24) is 20.6 Å². The number of aryl methyl sites for hydroxylation is 2. The summed E-state index contributed by atoms with van der Waals surface area (Å²) in [5, 5.41) is 11.3. The van der Waals surface area contributed by atoms with Gasteiger partial charge in [0.2, 0.25) is 0 Å². The van der Waals surface area contributed by atoms with Gasteiger partial charge in [0.25, 0.3) is 0 Å². The van der Waals surface area contributed by atoms with Gasteiger partial charge in [-0.1, -0.05) is 0 Å². The summed E-state index contributed by atoms with van der Waals surface area (Å²) >= 11 is 3.54. The lowest BCUT2D eigenvalue weighted by Crippen LogP contribution is -2.38. The lowest BCUT2D eigenvalue weighted by Gasteiger charge is -2.12. The van der Waals surface area contributed by atoms with Gasteiger partial charge in [-0.25, -0.2) is 9.97 Å². The molecule has 6 nitrogen and oxygen atoms in total. The van der Waals surface area contributed by atoms with Gasteiger partial charge >= 0.3 is 0 Å². The molecular formula is C19H31IN6S2. The van der Waals surface area contributed by atoms with Crippen LogP contribution in [0.2, 0.25) is 0 Å². The zero-order chi connectivity index (χ0) is 19.1. The first kappa shape index (κ1) is 23.3. The molecule has 0 spiro atoms. The molecule has 1 aliphatic rings. The van der Waals surface area contributed by atoms with E-state index < -0.39 is 0 Å². The minimum absolute atomic E-state index is 0. The van der Waals surface area contributed by atoms with Gasteiger partial charge in [-0.2, -0.15) is 0 Å². The van der Waals surface area contributed by atoms with Gasteiger partial charge in [0.15, 0.2) is 11.1 Å². The average molecular weight is 535 g/mol. The quantitative estimate of drug-likeness (QED) is 0.307. The third kappa shape index (κ3) is 6.84. The van der Waals surface area contributed by atoms with Crippen molar-refractivity contribution in [3.63, 3.8) is 0 Å². The van der Waals surface area contributed by atoms with E-state index in [0.29, 0.717) is 0 Å². The van der Waals surface area contributed by atoms with Crippen LogP contribution in [-0.2, 0) is 12.8 Å². The predicted molar refractivity (Wildman–Crippen MR) is 132 cm³/mol. The van der Waals surface area contributed by atoms with Crippen LogP contribution in [0.3, 0.4) is 0 Å². The Balaban J connectivity index is 0.00000280. The maximum Gasteiger partial charge on any atom is 0.191 e. The molecule has 0 aromatic carbocycles. The Labute approximate surface area is 193 Å². The minimum Gasteiger partial charge on any atom is -0.357 e. The van der Waals surface area contributed by atoms with Crippen molar-refractivity contribution in [3.8, 4) is 0 Å². The molecule has 1 fully saturated rings. The largest absolute Gasteiger partial charge is 0.357 e. The van der Waals surface area contributed by atoms with E-state index in [1.165, 1.54) is 33.6 Å². The molecule has 9 heteroatoms. The Hall–Kier alpha value is -0.940. The third-order valence-corrected chi connectivity index (χ3v) is 6.69. The molecule has 2 aromatic heterocycles. The van der Waals surface area contributed by atoms with E-state index in [0.717, 1.165) is 57.2 Å². The van der Waals surface area contributed by atoms with Crippen molar-refractivity contribution in [1.29, 1.82) is 0 Å². The predicted octanol–water partition coefficient (Wildman–Crippen LogP) is 3.77. The van der Waals surface area contributed by atoms with Gasteiger partial charge in [0.1, 0.15) is 0 Å². The van der Waals surface area contributed by atoms with Crippen LogP contribution in [0.15, 0.2) is 10.4 Å². The summed E-state index contributed by atoms with van der Waals surface area (Å²) in [7, 11) is 0. The molecule has 1 saturated heterocycles. The highest BCUT2D eigenvalue weighted by Crippen LogP contribution is 2.24. The highest BCUT2D eigenvalue weighted by atomic mass is 127. The van der Waals surface area contributed by atoms with E-state index in [9.17, 15) is 0 Å². The summed E-state index contributed by atoms with van der Waals surface area (Å²) < 4.78 is 0. The molecule has 3 rings (SSSR count). The Morgan fingerprint density at radius 2 is 1.96 bits per heavy atom. The fourth-order valence-electron chi connectivity index (χ4n) is 3.02. The number of nitrogens with zero attached hydrogens (tertiary/aromatic N) is 4. The second kappa shape index (κ2) is 11.9. The summed E-state index contributed by atoms with van der Waals surface area (Å²) in [6, 6.07) is 0. The molecule has 2 aromatic rings. The Morgan fingerprint density at radius 1 is 1.18 bits per heavy atom. The van der Waals surface area contributed by atoms with Crippen LogP contribution in [0.1, 0.15) is 41.0 Å². The number of anilines is 1. The molecule has 156 valence electrons. The van der Waals surface area contributed by atoms with Crippen LogP contribution < -0.4 is 15.5 Å². The van der Waals surface area contributed by atoms with Gasteiger partial charge in [-0.3, -0.25) is 4.99 Å². The maximum atomic E-state index is 4.78. The van der Waals surface area contributed by atoms with Gasteiger partial charge < -0.3 is 15.5 Å². The highest BCUT2D eigenvalue weighted by molar-refractivity contribution is 14.0. The lowest BCUT2D eigenvalue weighted by molar-refractivity contribution is 0.786. The monoisotopic (exact) mass is 534 g/mol. The van der Waals surface area contributed by atoms with Crippen LogP contribution in [0, 0.1) is 13.8 Å². The molecule has 0 bridgehead atoms. The van der Waals surface area contributed by atoms with Crippen molar-refractivity contribution in [3.05, 3.63) is 26.7 Å². The van der Waals surface area contributed by atoms with Crippen molar-refractivity contribution in [2.24, 2.45) is 4.99 Å². The van der Waals surface area contributed by atoms with Gasteiger partial charge in [0.05, 0.1) is 16.4 Å². The molecule has 0 unspecified atom stereocenters. The third-order valence-electron chi connectivity index (χ3n) is 4.60. The molecule has 3 heterocycles. The molecule has 2 N–H and O–H groups in total. The first-order valence-electron chi connectivity index (χ1n) is 9.80. The minimum atomic E-state index is 0. The fraction of sp³-hybridized carbons (Fsp3) is 0.632. The molecule has 1 aliphatic heterocycles.